The molecule has 0 N–H and O–H groups in total. The van der Waals surface area contributed by atoms with E-state index < -0.39 is 0 Å². The van der Waals surface area contributed by atoms with E-state index in [9.17, 15) is 9.59 Å². The average Bonchev–Trinajstić information content (AvgIpc) is 3.59. The number of carbonyl (C=O) groups is 2. The van der Waals surface area contributed by atoms with Gasteiger partial charge >= 0.3 is 0 Å². The first kappa shape index (κ1) is 24.2. The number of unbranched alkanes of at least 4 members (excludes halogenated alkanes) is 1. The topological polar surface area (TPSA) is 68.3 Å². The number of hydrogen-bond donors (Lipinski definition) is 0. The zero-order chi connectivity index (χ0) is 25.1. The summed E-state index contributed by atoms with van der Waals surface area (Å²) in [7, 11) is 1.64. The quantitative estimate of drug-likeness (QED) is 0.435. The maximum absolute atomic E-state index is 13.8. The minimum atomic E-state index is -0.188. The summed E-state index contributed by atoms with van der Waals surface area (Å²) in [5, 5.41) is 2.09. The summed E-state index contributed by atoms with van der Waals surface area (Å²) in [6, 6.07) is 15.0. The van der Waals surface area contributed by atoms with Gasteiger partial charge < -0.3 is 24.0 Å². The first-order valence-corrected chi connectivity index (χ1v) is 13.2. The third-order valence-electron chi connectivity index (χ3n) is 6.73. The maximum atomic E-state index is 13.8. The summed E-state index contributed by atoms with van der Waals surface area (Å²) in [5.74, 6) is 1.73. The lowest BCUT2D eigenvalue weighted by Gasteiger charge is -2.37. The van der Waals surface area contributed by atoms with Crippen molar-refractivity contribution in [2.24, 2.45) is 0 Å². The van der Waals surface area contributed by atoms with Gasteiger partial charge in [0.15, 0.2) is 11.5 Å². The average molecular weight is 507 g/mol. The molecule has 2 aliphatic rings. The minimum Gasteiger partial charge on any atom is -0.497 e. The van der Waals surface area contributed by atoms with Crippen molar-refractivity contribution >= 4 is 23.2 Å². The summed E-state index contributed by atoms with van der Waals surface area (Å²) in [6.45, 7) is 3.38. The van der Waals surface area contributed by atoms with Crippen LogP contribution in [0, 0.1) is 0 Å². The highest BCUT2D eigenvalue weighted by atomic mass is 32.1. The van der Waals surface area contributed by atoms with Gasteiger partial charge in [-0.2, -0.15) is 0 Å². The molecule has 0 saturated heterocycles. The molecule has 3 aromatic rings. The van der Waals surface area contributed by atoms with Crippen LogP contribution in [-0.2, 0) is 11.2 Å². The number of amides is 2. The molecule has 3 heterocycles. The summed E-state index contributed by atoms with van der Waals surface area (Å²) >= 11 is 1.73. The van der Waals surface area contributed by atoms with Gasteiger partial charge in [0, 0.05) is 23.5 Å². The smallest absolute Gasteiger partial charge is 0.254 e. The molecule has 0 spiro atoms. The largest absolute Gasteiger partial charge is 0.497 e. The zero-order valence-corrected chi connectivity index (χ0v) is 21.4. The molecule has 2 amide bonds. The Labute approximate surface area is 215 Å². The van der Waals surface area contributed by atoms with Crippen LogP contribution in [0.15, 0.2) is 53.9 Å². The molecule has 0 aliphatic carbocycles. The van der Waals surface area contributed by atoms with Crippen LogP contribution in [0.2, 0.25) is 0 Å². The van der Waals surface area contributed by atoms with E-state index >= 15 is 0 Å². The Kier molecular flexibility index (Phi) is 7.13. The van der Waals surface area contributed by atoms with Crippen molar-refractivity contribution in [2.75, 3.05) is 33.5 Å². The highest BCUT2D eigenvalue weighted by molar-refractivity contribution is 7.10. The Bertz CT molecular complexity index is 1240. The maximum Gasteiger partial charge on any atom is 0.254 e. The highest BCUT2D eigenvalue weighted by Gasteiger charge is 2.34. The lowest BCUT2D eigenvalue weighted by atomic mass is 9.93. The van der Waals surface area contributed by atoms with Gasteiger partial charge in [-0.1, -0.05) is 25.5 Å². The Balaban J connectivity index is 1.40. The number of nitrogens with zero attached hydrogens (tertiary/aromatic N) is 2. The second kappa shape index (κ2) is 10.6. The van der Waals surface area contributed by atoms with Gasteiger partial charge in [0.1, 0.15) is 12.3 Å². The molecular weight excluding hydrogens is 476 g/mol. The second-order valence-electron chi connectivity index (χ2n) is 8.96. The van der Waals surface area contributed by atoms with Gasteiger partial charge in [-0.15, -0.1) is 11.3 Å². The summed E-state index contributed by atoms with van der Waals surface area (Å²) in [4.78, 5) is 32.2. The molecule has 36 heavy (non-hydrogen) atoms. The fourth-order valence-electron chi connectivity index (χ4n) is 4.80. The van der Waals surface area contributed by atoms with Crippen LogP contribution >= 0.6 is 11.3 Å². The number of fused-ring (bicyclic) bond motifs is 2. The van der Waals surface area contributed by atoms with E-state index in [0.717, 1.165) is 36.1 Å². The van der Waals surface area contributed by atoms with Crippen LogP contribution in [0.4, 0.5) is 0 Å². The molecule has 2 aliphatic heterocycles. The second-order valence-corrected chi connectivity index (χ2v) is 9.96. The molecule has 8 heteroatoms. The number of hydrogen-bond acceptors (Lipinski definition) is 6. The first-order valence-electron chi connectivity index (χ1n) is 12.3. The van der Waals surface area contributed by atoms with Crippen LogP contribution < -0.4 is 14.2 Å². The molecule has 1 unspecified atom stereocenters. The minimum absolute atomic E-state index is 0.0272. The summed E-state index contributed by atoms with van der Waals surface area (Å²) in [5.41, 5.74) is 2.69. The van der Waals surface area contributed by atoms with Crippen LogP contribution in [0.3, 0.4) is 0 Å². The van der Waals surface area contributed by atoms with Crippen LogP contribution in [-0.4, -0.2) is 55.2 Å². The molecule has 5 rings (SSSR count). The predicted molar refractivity (Wildman–Crippen MR) is 138 cm³/mol. The van der Waals surface area contributed by atoms with Gasteiger partial charge in [-0.25, -0.2) is 0 Å². The summed E-state index contributed by atoms with van der Waals surface area (Å²) < 4.78 is 16.2. The summed E-state index contributed by atoms with van der Waals surface area (Å²) in [6.07, 6.45) is 2.56. The van der Waals surface area contributed by atoms with E-state index in [1.165, 1.54) is 4.88 Å². The van der Waals surface area contributed by atoms with Gasteiger partial charge in [0.05, 0.1) is 13.2 Å². The standard InChI is InChI=1S/C28H30N2O5S/c1-3-4-13-29(28(32)20-7-10-23-24(16-20)35-18-34-23)17-26(31)30-14-11-25-22(12-15-36-25)27(30)19-5-8-21(33-2)9-6-19/h5-10,12,15-16,27H,3-4,11,13-14,17-18H2,1-2H3. The molecule has 0 bridgehead atoms. The van der Waals surface area contributed by atoms with E-state index in [4.69, 9.17) is 14.2 Å². The Morgan fingerprint density at radius 1 is 1.11 bits per heavy atom. The van der Waals surface area contributed by atoms with E-state index in [1.54, 1.807) is 41.5 Å². The molecule has 0 radical (unpaired) electrons. The number of benzene rings is 2. The monoisotopic (exact) mass is 506 g/mol. The molecule has 188 valence electrons. The molecular formula is C28H30N2O5S. The van der Waals surface area contributed by atoms with Gasteiger partial charge in [0.25, 0.3) is 5.91 Å². The fraction of sp³-hybridized carbons (Fsp3) is 0.357. The first-order chi connectivity index (χ1) is 17.6. The molecule has 2 aromatic carbocycles. The Morgan fingerprint density at radius 3 is 2.69 bits per heavy atom. The molecule has 0 saturated carbocycles. The molecule has 7 nitrogen and oxygen atoms in total. The van der Waals surface area contributed by atoms with E-state index in [2.05, 4.69) is 18.4 Å². The molecule has 1 atom stereocenters. The predicted octanol–water partition coefficient (Wildman–Crippen LogP) is 4.90. The van der Waals surface area contributed by atoms with Gasteiger partial charge in [0.2, 0.25) is 12.7 Å². The van der Waals surface area contributed by atoms with Crippen molar-refractivity contribution in [3.8, 4) is 17.2 Å². The van der Waals surface area contributed by atoms with Gasteiger partial charge in [-0.05, 0) is 65.7 Å². The van der Waals surface area contributed by atoms with E-state index in [1.807, 2.05) is 29.2 Å². The Morgan fingerprint density at radius 2 is 1.92 bits per heavy atom. The Hall–Kier alpha value is -3.52. The third-order valence-corrected chi connectivity index (χ3v) is 7.73. The van der Waals surface area contributed by atoms with Crippen LogP contribution in [0.5, 0.6) is 17.2 Å². The third kappa shape index (κ3) is 4.78. The lowest BCUT2D eigenvalue weighted by molar-refractivity contribution is -0.134. The van der Waals surface area contributed by atoms with Crippen molar-refractivity contribution < 1.29 is 23.8 Å². The van der Waals surface area contributed by atoms with E-state index in [0.29, 0.717) is 30.2 Å². The van der Waals surface area contributed by atoms with Crippen molar-refractivity contribution in [3.63, 3.8) is 0 Å². The van der Waals surface area contributed by atoms with Crippen LogP contribution in [0.25, 0.3) is 0 Å². The fourth-order valence-corrected chi connectivity index (χ4v) is 5.70. The van der Waals surface area contributed by atoms with Crippen molar-refractivity contribution in [1.82, 2.24) is 9.80 Å². The number of ether oxygens (including phenoxy) is 3. The van der Waals surface area contributed by atoms with Crippen LogP contribution in [0.1, 0.15) is 52.2 Å². The number of rotatable bonds is 8. The van der Waals surface area contributed by atoms with E-state index in [-0.39, 0.29) is 31.2 Å². The zero-order valence-electron chi connectivity index (χ0n) is 20.6. The number of thiophene rings is 1. The molecule has 0 fully saturated rings. The van der Waals surface area contributed by atoms with Crippen molar-refractivity contribution in [1.29, 1.82) is 0 Å². The SMILES string of the molecule is CCCCN(CC(=O)N1CCc2sccc2C1c1ccc(OC)cc1)C(=O)c1ccc2c(c1)OCO2. The van der Waals surface area contributed by atoms with Gasteiger partial charge in [-0.3, -0.25) is 9.59 Å². The van der Waals surface area contributed by atoms with Crippen molar-refractivity contribution in [3.05, 3.63) is 75.5 Å². The number of methoxy groups -OCH3 is 1. The lowest BCUT2D eigenvalue weighted by Crippen LogP contribution is -2.47. The number of carbonyl (C=O) groups excluding carboxylic acids is 2. The highest BCUT2D eigenvalue weighted by Crippen LogP contribution is 2.38. The normalized spacial score (nSPS) is 15.9. The molecule has 1 aromatic heterocycles. The van der Waals surface area contributed by atoms with Crippen molar-refractivity contribution in [2.45, 2.75) is 32.2 Å².